The van der Waals surface area contributed by atoms with Gasteiger partial charge in [0.25, 0.3) is 0 Å². The van der Waals surface area contributed by atoms with Gasteiger partial charge in [-0.25, -0.2) is 4.98 Å². The lowest BCUT2D eigenvalue weighted by molar-refractivity contribution is 0.370. The lowest BCUT2D eigenvalue weighted by atomic mass is 9.90. The van der Waals surface area contributed by atoms with Gasteiger partial charge in [-0.3, -0.25) is 0 Å². The number of hydrogen-bond donors (Lipinski definition) is 2. The van der Waals surface area contributed by atoms with Crippen LogP contribution < -0.4 is 5.32 Å². The molecule has 0 bridgehead atoms. The third kappa shape index (κ3) is 3.28. The predicted molar refractivity (Wildman–Crippen MR) is 122 cm³/mol. The van der Waals surface area contributed by atoms with Gasteiger partial charge in [0.1, 0.15) is 5.65 Å². The van der Waals surface area contributed by atoms with E-state index in [2.05, 4.69) is 72.3 Å². The van der Waals surface area contributed by atoms with Gasteiger partial charge in [0, 0.05) is 54.2 Å². The quantitative estimate of drug-likeness (QED) is 0.652. The molecule has 0 radical (unpaired) electrons. The molecule has 148 valence electrons. The maximum absolute atomic E-state index is 4.72. The van der Waals surface area contributed by atoms with Crippen LogP contribution in [0.15, 0.2) is 49.3 Å². The van der Waals surface area contributed by atoms with Crippen molar-refractivity contribution in [3.05, 3.63) is 66.0 Å². The second kappa shape index (κ2) is 7.20. The van der Waals surface area contributed by atoms with Crippen LogP contribution in [0.1, 0.15) is 42.4 Å². The number of nitrogens with one attached hydrogen (secondary N) is 2. The molecule has 0 saturated heterocycles. The van der Waals surface area contributed by atoms with Gasteiger partial charge in [-0.05, 0) is 54.1 Å². The summed E-state index contributed by atoms with van der Waals surface area (Å²) in [4.78, 5) is 10.4. The Morgan fingerprint density at radius 1 is 1.17 bits per heavy atom. The molecule has 2 aliphatic heterocycles. The number of rotatable bonds is 2. The van der Waals surface area contributed by atoms with Crippen molar-refractivity contribution in [3.63, 3.8) is 0 Å². The highest BCUT2D eigenvalue weighted by molar-refractivity contribution is 5.95. The molecule has 0 saturated carbocycles. The highest BCUT2D eigenvalue weighted by atomic mass is 15.1. The van der Waals surface area contributed by atoms with Gasteiger partial charge in [-0.2, -0.15) is 0 Å². The minimum absolute atomic E-state index is 0.514. The fourth-order valence-electron chi connectivity index (χ4n) is 4.55. The van der Waals surface area contributed by atoms with Crippen molar-refractivity contribution in [1.29, 1.82) is 0 Å². The van der Waals surface area contributed by atoms with Crippen molar-refractivity contribution in [3.8, 4) is 11.1 Å². The average Bonchev–Trinajstić information content (AvgIpc) is 3.11. The van der Waals surface area contributed by atoms with Crippen molar-refractivity contribution >= 4 is 22.3 Å². The number of benzene rings is 1. The zero-order chi connectivity index (χ0) is 20.0. The van der Waals surface area contributed by atoms with E-state index in [1.54, 1.807) is 0 Å². The average molecular weight is 385 g/mol. The van der Waals surface area contributed by atoms with Gasteiger partial charge >= 0.3 is 0 Å². The van der Waals surface area contributed by atoms with E-state index in [-0.39, 0.29) is 0 Å². The molecule has 2 aromatic heterocycles. The third-order valence-corrected chi connectivity index (χ3v) is 6.45. The van der Waals surface area contributed by atoms with Gasteiger partial charge in [0.15, 0.2) is 0 Å². The number of aromatic amines is 1. The molecule has 4 heteroatoms. The summed E-state index contributed by atoms with van der Waals surface area (Å²) in [5.41, 5.74) is 9.73. The Morgan fingerprint density at radius 3 is 2.90 bits per heavy atom. The van der Waals surface area contributed by atoms with E-state index in [4.69, 9.17) is 4.98 Å². The molecule has 3 aromatic rings. The summed E-state index contributed by atoms with van der Waals surface area (Å²) in [5, 5.41) is 4.64. The van der Waals surface area contributed by atoms with Gasteiger partial charge in [0.05, 0.1) is 0 Å². The van der Waals surface area contributed by atoms with Crippen molar-refractivity contribution in [2.75, 3.05) is 26.7 Å². The van der Waals surface area contributed by atoms with Crippen LogP contribution in [0.25, 0.3) is 33.4 Å². The molecule has 0 amide bonds. The summed E-state index contributed by atoms with van der Waals surface area (Å²) in [6.07, 6.45) is 8.64. The first-order valence-corrected chi connectivity index (χ1v) is 10.5. The number of nitrogens with zero attached hydrogens (tertiary/aromatic N) is 2. The van der Waals surface area contributed by atoms with Crippen LogP contribution in [0.5, 0.6) is 0 Å². The summed E-state index contributed by atoms with van der Waals surface area (Å²) < 4.78 is 0. The largest absolute Gasteiger partial charge is 0.385 e. The van der Waals surface area contributed by atoms with Crippen LogP contribution in [0, 0.1) is 0 Å². The van der Waals surface area contributed by atoms with E-state index in [0.717, 1.165) is 43.8 Å². The number of fused-ring (bicyclic) bond motifs is 2. The highest BCUT2D eigenvalue weighted by Crippen LogP contribution is 2.36. The molecule has 0 fully saturated rings. The summed E-state index contributed by atoms with van der Waals surface area (Å²) in [6.45, 7) is 9.62. The molecule has 1 atom stereocenters. The molecular formula is C25H28N4. The second-order valence-electron chi connectivity index (χ2n) is 8.46. The monoisotopic (exact) mass is 384 g/mol. The van der Waals surface area contributed by atoms with Crippen LogP contribution in [0.4, 0.5) is 0 Å². The minimum Gasteiger partial charge on any atom is -0.385 e. The fraction of sp³-hybridized carbons (Fsp3) is 0.320. The van der Waals surface area contributed by atoms with Crippen molar-refractivity contribution in [2.45, 2.75) is 25.7 Å². The van der Waals surface area contributed by atoms with Crippen LogP contribution in [0.2, 0.25) is 0 Å². The van der Waals surface area contributed by atoms with E-state index in [1.807, 2.05) is 6.20 Å². The van der Waals surface area contributed by atoms with Crippen molar-refractivity contribution < 1.29 is 0 Å². The maximum Gasteiger partial charge on any atom is 0.137 e. The summed E-state index contributed by atoms with van der Waals surface area (Å²) in [5.74, 6) is 0.514. The summed E-state index contributed by atoms with van der Waals surface area (Å²) in [6, 6.07) is 9.09. The van der Waals surface area contributed by atoms with E-state index in [1.165, 1.54) is 38.8 Å². The lowest BCUT2D eigenvalue weighted by Gasteiger charge is -2.22. The molecule has 0 spiro atoms. The van der Waals surface area contributed by atoms with E-state index in [0.29, 0.717) is 5.92 Å². The number of H-pyrrole nitrogens is 1. The predicted octanol–water partition coefficient (Wildman–Crippen LogP) is 5.02. The highest BCUT2D eigenvalue weighted by Gasteiger charge is 2.19. The molecule has 0 aliphatic carbocycles. The molecule has 1 unspecified atom stereocenters. The fourth-order valence-corrected chi connectivity index (χ4v) is 4.55. The maximum atomic E-state index is 4.72. The van der Waals surface area contributed by atoms with Crippen LogP contribution in [-0.4, -0.2) is 41.5 Å². The van der Waals surface area contributed by atoms with E-state index < -0.39 is 0 Å². The Kier molecular flexibility index (Phi) is 4.51. The van der Waals surface area contributed by atoms with E-state index in [9.17, 15) is 0 Å². The van der Waals surface area contributed by atoms with Crippen molar-refractivity contribution in [1.82, 2.24) is 20.2 Å². The number of pyridine rings is 1. The van der Waals surface area contributed by atoms with Gasteiger partial charge in [-0.1, -0.05) is 37.8 Å². The Hall–Kier alpha value is -2.85. The Balaban J connectivity index is 1.59. The molecular weight excluding hydrogens is 356 g/mol. The Labute approximate surface area is 172 Å². The van der Waals surface area contributed by atoms with Crippen LogP contribution >= 0.6 is 0 Å². The van der Waals surface area contributed by atoms with Gasteiger partial charge < -0.3 is 15.2 Å². The van der Waals surface area contributed by atoms with Crippen LogP contribution in [-0.2, 0) is 0 Å². The minimum atomic E-state index is 0.514. The van der Waals surface area contributed by atoms with Crippen molar-refractivity contribution in [2.24, 2.45) is 0 Å². The van der Waals surface area contributed by atoms with Gasteiger partial charge in [-0.15, -0.1) is 0 Å². The van der Waals surface area contributed by atoms with E-state index >= 15 is 0 Å². The molecule has 29 heavy (non-hydrogen) atoms. The first-order chi connectivity index (χ1) is 14.1. The third-order valence-electron chi connectivity index (χ3n) is 6.45. The molecule has 1 aromatic carbocycles. The zero-order valence-electron chi connectivity index (χ0n) is 17.3. The number of hydrogen-bond acceptors (Lipinski definition) is 3. The lowest BCUT2D eigenvalue weighted by Crippen LogP contribution is -2.23. The normalized spacial score (nSPS) is 20.1. The first kappa shape index (κ1) is 18.2. The smallest absolute Gasteiger partial charge is 0.137 e. The summed E-state index contributed by atoms with van der Waals surface area (Å²) in [7, 11) is 2.17. The zero-order valence-corrected chi connectivity index (χ0v) is 17.3. The molecule has 5 rings (SSSR count). The number of aromatic nitrogens is 2. The standard InChI is InChI=1S/C25H28N4/c1-16-6-9-26-17(2)21-5-4-19(12-22(16)21)24-15-28-25-23(24)13-20(14-27-25)18-7-10-29(3)11-8-18/h4-5,7,12-16,26H,2,6,8-11H2,1,3H3,(H,27,28). The molecule has 4 nitrogen and oxygen atoms in total. The number of likely N-dealkylation sites (N-methyl/N-ethyl adjacent to an activating group) is 1. The van der Waals surface area contributed by atoms with Crippen LogP contribution in [0.3, 0.4) is 0 Å². The second-order valence-corrected chi connectivity index (χ2v) is 8.46. The topological polar surface area (TPSA) is 44.0 Å². The molecule has 4 heterocycles. The Bertz CT molecular complexity index is 1120. The Morgan fingerprint density at radius 2 is 2.07 bits per heavy atom. The molecule has 2 aliphatic rings. The van der Waals surface area contributed by atoms with Gasteiger partial charge in [0.2, 0.25) is 0 Å². The molecule has 2 N–H and O–H groups in total. The summed E-state index contributed by atoms with van der Waals surface area (Å²) >= 11 is 0. The SMILES string of the molecule is C=C1NCCC(C)c2cc(-c3c[nH]c4ncc(C5=CCN(C)CC5)cc34)ccc21. The first-order valence-electron chi connectivity index (χ1n) is 10.5.